The van der Waals surface area contributed by atoms with Crippen LogP contribution in [-0.4, -0.2) is 54.1 Å². The van der Waals surface area contributed by atoms with Gasteiger partial charge in [0.25, 0.3) is 5.91 Å². The summed E-state index contributed by atoms with van der Waals surface area (Å²) in [6.07, 6.45) is 4.04. The zero-order valence-corrected chi connectivity index (χ0v) is 13.3. The normalized spacial score (nSPS) is 17.1. The van der Waals surface area contributed by atoms with E-state index in [4.69, 9.17) is 4.74 Å². The van der Waals surface area contributed by atoms with Crippen molar-refractivity contribution in [3.05, 3.63) is 48.3 Å². The highest BCUT2D eigenvalue weighted by molar-refractivity contribution is 5.94. The number of carbonyl (C=O) groups excluding carboxylic acids is 1. The second-order valence-electron chi connectivity index (χ2n) is 5.76. The van der Waals surface area contributed by atoms with Gasteiger partial charge in [0, 0.05) is 32.6 Å². The minimum Gasteiger partial charge on any atom is -0.471 e. The van der Waals surface area contributed by atoms with E-state index in [1.807, 2.05) is 54.2 Å². The molecule has 1 fully saturated rings. The summed E-state index contributed by atoms with van der Waals surface area (Å²) in [4.78, 5) is 24.7. The van der Waals surface area contributed by atoms with Crippen LogP contribution in [0.5, 0.6) is 5.88 Å². The SMILES string of the molecule is CN(C)c1cncc(OC2CCN(C(=O)c3ccccc3)C2)n1. The van der Waals surface area contributed by atoms with Gasteiger partial charge in [-0.15, -0.1) is 0 Å². The maximum Gasteiger partial charge on any atom is 0.253 e. The van der Waals surface area contributed by atoms with Gasteiger partial charge in [-0.2, -0.15) is 4.98 Å². The van der Waals surface area contributed by atoms with Crippen LogP contribution >= 0.6 is 0 Å². The molecule has 0 N–H and O–H groups in total. The fourth-order valence-corrected chi connectivity index (χ4v) is 2.55. The van der Waals surface area contributed by atoms with Crippen LogP contribution in [0.2, 0.25) is 0 Å². The summed E-state index contributed by atoms with van der Waals surface area (Å²) in [6, 6.07) is 9.33. The average Bonchev–Trinajstić information content (AvgIpc) is 3.03. The molecule has 2 aromatic rings. The number of carbonyl (C=O) groups is 1. The first-order valence-corrected chi connectivity index (χ1v) is 7.64. The first kappa shape index (κ1) is 15.3. The fraction of sp³-hybridized carbons (Fsp3) is 0.353. The molecule has 0 radical (unpaired) electrons. The molecular weight excluding hydrogens is 292 g/mol. The topological polar surface area (TPSA) is 58.6 Å². The van der Waals surface area contributed by atoms with Gasteiger partial charge in [0.15, 0.2) is 5.82 Å². The highest BCUT2D eigenvalue weighted by atomic mass is 16.5. The van der Waals surface area contributed by atoms with Gasteiger partial charge < -0.3 is 14.5 Å². The Morgan fingerprint density at radius 3 is 2.78 bits per heavy atom. The van der Waals surface area contributed by atoms with Crippen molar-refractivity contribution in [3.8, 4) is 5.88 Å². The van der Waals surface area contributed by atoms with E-state index in [2.05, 4.69) is 9.97 Å². The largest absolute Gasteiger partial charge is 0.471 e. The molecule has 1 aromatic heterocycles. The molecule has 1 saturated heterocycles. The second kappa shape index (κ2) is 6.64. The summed E-state index contributed by atoms with van der Waals surface area (Å²) in [6.45, 7) is 1.26. The van der Waals surface area contributed by atoms with Crippen molar-refractivity contribution in [1.82, 2.24) is 14.9 Å². The third kappa shape index (κ3) is 3.59. The van der Waals surface area contributed by atoms with E-state index in [9.17, 15) is 4.79 Å². The first-order valence-electron chi connectivity index (χ1n) is 7.64. The van der Waals surface area contributed by atoms with Crippen molar-refractivity contribution in [1.29, 1.82) is 0 Å². The van der Waals surface area contributed by atoms with Crippen LogP contribution in [0.15, 0.2) is 42.7 Å². The van der Waals surface area contributed by atoms with E-state index in [-0.39, 0.29) is 12.0 Å². The van der Waals surface area contributed by atoms with Gasteiger partial charge in [0.1, 0.15) is 6.10 Å². The lowest BCUT2D eigenvalue weighted by Gasteiger charge is -2.17. The lowest BCUT2D eigenvalue weighted by atomic mass is 10.2. The third-order valence-corrected chi connectivity index (χ3v) is 3.80. The number of ether oxygens (including phenoxy) is 1. The Morgan fingerprint density at radius 1 is 1.26 bits per heavy atom. The maximum atomic E-state index is 12.4. The Bertz CT molecular complexity index is 675. The number of hydrogen-bond acceptors (Lipinski definition) is 5. The minimum absolute atomic E-state index is 0.0461. The van der Waals surface area contributed by atoms with Crippen molar-refractivity contribution in [2.45, 2.75) is 12.5 Å². The molecule has 0 saturated carbocycles. The number of aromatic nitrogens is 2. The van der Waals surface area contributed by atoms with Gasteiger partial charge >= 0.3 is 0 Å². The lowest BCUT2D eigenvalue weighted by Crippen LogP contribution is -2.31. The summed E-state index contributed by atoms with van der Waals surface area (Å²) in [5.41, 5.74) is 0.711. The molecule has 0 aliphatic carbocycles. The van der Waals surface area contributed by atoms with E-state index in [0.717, 1.165) is 12.2 Å². The number of nitrogens with zero attached hydrogens (tertiary/aromatic N) is 4. The number of hydrogen-bond donors (Lipinski definition) is 0. The molecule has 1 aliphatic rings. The van der Waals surface area contributed by atoms with E-state index >= 15 is 0 Å². The Balaban J connectivity index is 1.62. The summed E-state index contributed by atoms with van der Waals surface area (Å²) in [7, 11) is 3.81. The molecule has 2 heterocycles. The van der Waals surface area contributed by atoms with Gasteiger partial charge in [-0.05, 0) is 12.1 Å². The number of benzene rings is 1. The lowest BCUT2D eigenvalue weighted by molar-refractivity contribution is 0.0771. The highest BCUT2D eigenvalue weighted by Gasteiger charge is 2.28. The smallest absolute Gasteiger partial charge is 0.253 e. The third-order valence-electron chi connectivity index (χ3n) is 3.80. The van der Waals surface area contributed by atoms with Crippen LogP contribution in [-0.2, 0) is 0 Å². The van der Waals surface area contributed by atoms with Gasteiger partial charge in [-0.25, -0.2) is 0 Å². The zero-order chi connectivity index (χ0) is 16.2. The van der Waals surface area contributed by atoms with Crippen LogP contribution in [0.1, 0.15) is 16.8 Å². The minimum atomic E-state index is -0.0469. The predicted molar refractivity (Wildman–Crippen MR) is 87.7 cm³/mol. The number of rotatable bonds is 4. The molecular formula is C17H20N4O2. The van der Waals surface area contributed by atoms with Crippen molar-refractivity contribution < 1.29 is 9.53 Å². The van der Waals surface area contributed by atoms with E-state index in [1.165, 1.54) is 0 Å². The molecule has 0 bridgehead atoms. The van der Waals surface area contributed by atoms with E-state index < -0.39 is 0 Å². The van der Waals surface area contributed by atoms with Gasteiger partial charge in [-0.1, -0.05) is 18.2 Å². The Hall–Kier alpha value is -2.63. The number of anilines is 1. The Morgan fingerprint density at radius 2 is 2.04 bits per heavy atom. The molecule has 3 rings (SSSR count). The van der Waals surface area contributed by atoms with Crippen molar-refractivity contribution in [2.75, 3.05) is 32.1 Å². The van der Waals surface area contributed by atoms with Crippen LogP contribution in [0, 0.1) is 0 Å². The first-order chi connectivity index (χ1) is 11.1. The molecule has 0 spiro atoms. The molecule has 1 aliphatic heterocycles. The molecule has 120 valence electrons. The Kier molecular flexibility index (Phi) is 4.41. The predicted octanol–water partition coefficient (Wildman–Crippen LogP) is 1.84. The fourth-order valence-electron chi connectivity index (χ4n) is 2.55. The summed E-state index contributed by atoms with van der Waals surface area (Å²) in [5.74, 6) is 1.29. The quantitative estimate of drug-likeness (QED) is 0.862. The Labute approximate surface area is 135 Å². The monoisotopic (exact) mass is 312 g/mol. The number of likely N-dealkylation sites (tertiary alicyclic amines) is 1. The van der Waals surface area contributed by atoms with Crippen molar-refractivity contribution in [2.24, 2.45) is 0 Å². The van der Waals surface area contributed by atoms with Gasteiger partial charge in [-0.3, -0.25) is 9.78 Å². The zero-order valence-electron chi connectivity index (χ0n) is 13.3. The second-order valence-corrected chi connectivity index (χ2v) is 5.76. The van der Waals surface area contributed by atoms with Crippen LogP contribution in [0.3, 0.4) is 0 Å². The summed E-state index contributed by atoms with van der Waals surface area (Å²) >= 11 is 0. The maximum absolute atomic E-state index is 12.4. The molecule has 1 aromatic carbocycles. The van der Waals surface area contributed by atoms with Crippen LogP contribution in [0.25, 0.3) is 0 Å². The molecule has 1 atom stereocenters. The van der Waals surface area contributed by atoms with Crippen LogP contribution < -0.4 is 9.64 Å². The molecule has 6 nitrogen and oxygen atoms in total. The van der Waals surface area contributed by atoms with Crippen LogP contribution in [0.4, 0.5) is 5.82 Å². The van der Waals surface area contributed by atoms with Crippen molar-refractivity contribution >= 4 is 11.7 Å². The van der Waals surface area contributed by atoms with E-state index in [0.29, 0.717) is 24.5 Å². The summed E-state index contributed by atoms with van der Waals surface area (Å²) < 4.78 is 5.89. The highest BCUT2D eigenvalue weighted by Crippen LogP contribution is 2.19. The summed E-state index contributed by atoms with van der Waals surface area (Å²) in [5, 5.41) is 0. The molecule has 6 heteroatoms. The molecule has 23 heavy (non-hydrogen) atoms. The number of amides is 1. The molecule has 1 unspecified atom stereocenters. The standard InChI is InChI=1S/C17H20N4O2/c1-20(2)15-10-18-11-16(19-15)23-14-8-9-21(12-14)17(22)13-6-4-3-5-7-13/h3-7,10-11,14H,8-9,12H2,1-2H3. The van der Waals surface area contributed by atoms with Gasteiger partial charge in [0.05, 0.1) is 18.9 Å². The molecule has 1 amide bonds. The van der Waals surface area contributed by atoms with Gasteiger partial charge in [0.2, 0.25) is 5.88 Å². The van der Waals surface area contributed by atoms with E-state index in [1.54, 1.807) is 12.4 Å². The van der Waals surface area contributed by atoms with Crippen molar-refractivity contribution in [3.63, 3.8) is 0 Å². The average molecular weight is 312 g/mol.